The topological polar surface area (TPSA) is 98.5 Å². The number of carbonyl (C=O) groups is 1. The first kappa shape index (κ1) is 15.8. The van der Waals surface area contributed by atoms with Crippen molar-refractivity contribution in [3.63, 3.8) is 0 Å². The van der Waals surface area contributed by atoms with Gasteiger partial charge >= 0.3 is 12.0 Å². The van der Waals surface area contributed by atoms with E-state index in [4.69, 9.17) is 13.9 Å². The van der Waals surface area contributed by atoms with Crippen LogP contribution in [0.25, 0.3) is 10.8 Å². The molecular weight excluding hydrogens is 332 g/mol. The highest BCUT2D eigenvalue weighted by atomic mass is 32.1. The van der Waals surface area contributed by atoms with Crippen molar-refractivity contribution in [1.29, 1.82) is 0 Å². The third kappa shape index (κ3) is 3.30. The molecule has 8 nitrogen and oxygen atoms in total. The fourth-order valence-electron chi connectivity index (χ4n) is 2.01. The van der Waals surface area contributed by atoms with E-state index in [0.29, 0.717) is 23.1 Å². The highest BCUT2D eigenvalue weighted by molar-refractivity contribution is 7.13. The number of carbonyl (C=O) groups excluding carboxylic acids is 1. The zero-order valence-electron chi connectivity index (χ0n) is 12.9. The molecule has 0 aliphatic carbocycles. The Morgan fingerprint density at radius 2 is 2.00 bits per heavy atom. The highest BCUT2D eigenvalue weighted by Gasteiger charge is 2.15. The van der Waals surface area contributed by atoms with E-state index in [1.165, 1.54) is 25.6 Å². The Hall–Kier alpha value is -3.07. The third-order valence-electron chi connectivity index (χ3n) is 3.03. The number of methoxy groups -OCH3 is 2. The molecule has 9 heteroatoms. The van der Waals surface area contributed by atoms with Crippen LogP contribution >= 0.6 is 11.3 Å². The first-order valence-electron chi connectivity index (χ1n) is 6.87. The lowest BCUT2D eigenvalue weighted by Crippen LogP contribution is -2.20. The molecule has 2 aromatic heterocycles. The largest absolute Gasteiger partial charge is 0.493 e. The number of benzene rings is 1. The zero-order chi connectivity index (χ0) is 16.9. The molecule has 0 saturated heterocycles. The van der Waals surface area contributed by atoms with Gasteiger partial charge in [-0.1, -0.05) is 17.2 Å². The summed E-state index contributed by atoms with van der Waals surface area (Å²) in [5.74, 6) is 1.27. The number of para-hydroxylation sites is 1. The molecule has 24 heavy (non-hydrogen) atoms. The molecule has 2 heterocycles. The summed E-state index contributed by atoms with van der Waals surface area (Å²) in [5.41, 5.74) is 0.451. The van der Waals surface area contributed by atoms with Crippen LogP contribution in [0.3, 0.4) is 0 Å². The second-order valence-electron chi connectivity index (χ2n) is 4.51. The Balaban J connectivity index is 1.70. The predicted molar refractivity (Wildman–Crippen MR) is 89.8 cm³/mol. The van der Waals surface area contributed by atoms with Crippen molar-refractivity contribution >= 4 is 29.1 Å². The average molecular weight is 346 g/mol. The quantitative estimate of drug-likeness (QED) is 0.734. The molecule has 3 rings (SSSR count). The van der Waals surface area contributed by atoms with Gasteiger partial charge < -0.3 is 19.2 Å². The van der Waals surface area contributed by atoms with Crippen LogP contribution in [-0.4, -0.2) is 30.4 Å². The second kappa shape index (κ2) is 7.01. The zero-order valence-corrected chi connectivity index (χ0v) is 13.7. The molecular formula is C15H14N4O4S. The molecule has 2 amide bonds. The second-order valence-corrected chi connectivity index (χ2v) is 5.46. The molecule has 0 saturated carbocycles. The molecule has 0 aliphatic heterocycles. The van der Waals surface area contributed by atoms with E-state index in [0.717, 1.165) is 4.88 Å². The van der Waals surface area contributed by atoms with Gasteiger partial charge in [-0.2, -0.15) is 0 Å². The maximum absolute atomic E-state index is 12.1. The Morgan fingerprint density at radius 3 is 2.71 bits per heavy atom. The Kier molecular flexibility index (Phi) is 4.62. The van der Waals surface area contributed by atoms with Gasteiger partial charge in [0, 0.05) is 0 Å². The maximum atomic E-state index is 12.1. The van der Waals surface area contributed by atoms with Crippen molar-refractivity contribution < 1.29 is 18.7 Å². The van der Waals surface area contributed by atoms with E-state index in [1.54, 1.807) is 18.2 Å². The molecule has 124 valence electrons. The average Bonchev–Trinajstić information content (AvgIpc) is 3.25. The minimum absolute atomic E-state index is 0.00207. The van der Waals surface area contributed by atoms with Crippen LogP contribution in [-0.2, 0) is 0 Å². The van der Waals surface area contributed by atoms with Gasteiger partial charge in [0.1, 0.15) is 0 Å². The normalized spacial score (nSPS) is 10.2. The van der Waals surface area contributed by atoms with Crippen molar-refractivity contribution in [3.05, 3.63) is 35.7 Å². The number of thiophene rings is 1. The molecule has 0 unspecified atom stereocenters. The smallest absolute Gasteiger partial charge is 0.327 e. The summed E-state index contributed by atoms with van der Waals surface area (Å²) in [6, 6.07) is 8.33. The van der Waals surface area contributed by atoms with Crippen LogP contribution in [0.2, 0.25) is 0 Å². The molecule has 0 fully saturated rings. The van der Waals surface area contributed by atoms with Gasteiger partial charge in [0.05, 0.1) is 24.8 Å². The van der Waals surface area contributed by atoms with Crippen LogP contribution in [0.15, 0.2) is 40.1 Å². The van der Waals surface area contributed by atoms with Gasteiger partial charge in [0.25, 0.3) is 5.89 Å². The lowest BCUT2D eigenvalue weighted by Gasteiger charge is -2.12. The van der Waals surface area contributed by atoms with Gasteiger partial charge in [0.15, 0.2) is 11.5 Å². The van der Waals surface area contributed by atoms with Crippen molar-refractivity contribution in [3.8, 4) is 22.3 Å². The predicted octanol–water partition coefficient (Wildman–Crippen LogP) is 3.46. The molecule has 0 bridgehead atoms. The van der Waals surface area contributed by atoms with E-state index in [1.807, 2.05) is 17.5 Å². The van der Waals surface area contributed by atoms with Gasteiger partial charge in [-0.05, 0) is 23.6 Å². The van der Waals surface area contributed by atoms with Crippen LogP contribution in [0.4, 0.5) is 16.5 Å². The fourth-order valence-corrected chi connectivity index (χ4v) is 2.65. The van der Waals surface area contributed by atoms with E-state index in [-0.39, 0.29) is 6.01 Å². The number of hydrogen-bond donors (Lipinski definition) is 2. The summed E-state index contributed by atoms with van der Waals surface area (Å²) < 4.78 is 15.8. The summed E-state index contributed by atoms with van der Waals surface area (Å²) in [6.45, 7) is 0. The molecule has 1 aromatic carbocycles. The first-order chi connectivity index (χ1) is 11.7. The van der Waals surface area contributed by atoms with Crippen molar-refractivity contribution in [2.45, 2.75) is 0 Å². The molecule has 2 N–H and O–H groups in total. The van der Waals surface area contributed by atoms with Gasteiger partial charge in [-0.15, -0.1) is 16.4 Å². The van der Waals surface area contributed by atoms with Crippen LogP contribution < -0.4 is 20.1 Å². The molecule has 0 spiro atoms. The van der Waals surface area contributed by atoms with E-state index < -0.39 is 6.03 Å². The lowest BCUT2D eigenvalue weighted by molar-refractivity contribution is 0.261. The number of urea groups is 1. The number of hydrogen-bond acceptors (Lipinski definition) is 7. The molecule has 0 radical (unpaired) electrons. The Labute approximate surface area is 141 Å². The number of rotatable bonds is 5. The molecule has 0 atom stereocenters. The van der Waals surface area contributed by atoms with Gasteiger partial charge in [0.2, 0.25) is 0 Å². The van der Waals surface area contributed by atoms with E-state index in [9.17, 15) is 4.79 Å². The van der Waals surface area contributed by atoms with Crippen molar-refractivity contribution in [2.75, 3.05) is 24.9 Å². The summed E-state index contributed by atoms with van der Waals surface area (Å²) in [7, 11) is 3.01. The Morgan fingerprint density at radius 1 is 1.12 bits per heavy atom. The van der Waals surface area contributed by atoms with Crippen molar-refractivity contribution in [1.82, 2.24) is 10.2 Å². The van der Waals surface area contributed by atoms with E-state index in [2.05, 4.69) is 20.8 Å². The van der Waals surface area contributed by atoms with E-state index >= 15 is 0 Å². The number of anilines is 2. The fraction of sp³-hybridized carbons (Fsp3) is 0.133. The SMILES string of the molecule is COc1cccc(NC(=O)Nc2nnc(-c3cccs3)o2)c1OC. The minimum atomic E-state index is -0.539. The molecule has 0 aliphatic rings. The summed E-state index contributed by atoms with van der Waals surface area (Å²) in [5, 5.41) is 14.7. The number of nitrogens with zero attached hydrogens (tertiary/aromatic N) is 2. The number of nitrogens with one attached hydrogen (secondary N) is 2. The highest BCUT2D eigenvalue weighted by Crippen LogP contribution is 2.34. The first-order valence-corrected chi connectivity index (χ1v) is 7.75. The number of amides is 2. The molecule has 3 aromatic rings. The number of aromatic nitrogens is 2. The van der Waals surface area contributed by atoms with Crippen LogP contribution in [0.1, 0.15) is 0 Å². The summed E-state index contributed by atoms with van der Waals surface area (Å²) >= 11 is 1.46. The van der Waals surface area contributed by atoms with Gasteiger partial charge in [-0.25, -0.2) is 4.79 Å². The Bertz CT molecular complexity index is 832. The van der Waals surface area contributed by atoms with Crippen molar-refractivity contribution in [2.24, 2.45) is 0 Å². The summed E-state index contributed by atoms with van der Waals surface area (Å²) in [6.07, 6.45) is 0. The summed E-state index contributed by atoms with van der Waals surface area (Å²) in [4.78, 5) is 12.9. The van der Waals surface area contributed by atoms with Crippen LogP contribution in [0, 0.1) is 0 Å². The lowest BCUT2D eigenvalue weighted by atomic mass is 10.2. The van der Waals surface area contributed by atoms with Crippen LogP contribution in [0.5, 0.6) is 11.5 Å². The van der Waals surface area contributed by atoms with Gasteiger partial charge in [-0.3, -0.25) is 5.32 Å². The minimum Gasteiger partial charge on any atom is -0.493 e. The standard InChI is InChI=1S/C15H14N4O4S/c1-21-10-6-3-5-9(12(10)22-2)16-14(20)17-15-19-18-13(23-15)11-7-4-8-24-11/h3-8H,1-2H3,(H2,16,17,19,20). The third-order valence-corrected chi connectivity index (χ3v) is 3.89. The maximum Gasteiger partial charge on any atom is 0.327 e. The number of ether oxygens (including phenoxy) is 2. The monoisotopic (exact) mass is 346 g/mol.